The Hall–Kier alpha value is -1.40. The zero-order valence-corrected chi connectivity index (χ0v) is 10.6. The van der Waals surface area contributed by atoms with Crippen LogP contribution in [0.25, 0.3) is 0 Å². The molecule has 17 heavy (non-hydrogen) atoms. The van der Waals surface area contributed by atoms with Crippen molar-refractivity contribution in [3.63, 3.8) is 0 Å². The molecular weight excluding hydrogens is 220 g/mol. The second-order valence-electron chi connectivity index (χ2n) is 4.36. The molecule has 0 radical (unpaired) electrons. The van der Waals surface area contributed by atoms with E-state index in [0.29, 0.717) is 13.1 Å². The molecule has 0 aliphatic rings. The lowest BCUT2D eigenvalue weighted by molar-refractivity contribution is -0.138. The topological polar surface area (TPSA) is 61.6 Å². The summed E-state index contributed by atoms with van der Waals surface area (Å²) >= 11 is 0. The van der Waals surface area contributed by atoms with Crippen molar-refractivity contribution in [2.45, 2.75) is 6.54 Å². The van der Waals surface area contributed by atoms with Crippen molar-refractivity contribution >= 4 is 5.97 Å². The molecule has 0 amide bonds. The minimum Gasteiger partial charge on any atom is -0.480 e. The summed E-state index contributed by atoms with van der Waals surface area (Å²) in [5, 5.41) is 8.86. The molecule has 0 aliphatic carbocycles. The van der Waals surface area contributed by atoms with Gasteiger partial charge in [-0.3, -0.25) is 9.69 Å². The monoisotopic (exact) mass is 240 g/mol. The molecule has 0 unspecified atom stereocenters. The van der Waals surface area contributed by atoms with Gasteiger partial charge < -0.3 is 14.6 Å². The summed E-state index contributed by atoms with van der Waals surface area (Å²) in [5.41, 5.74) is 0. The van der Waals surface area contributed by atoms with Gasteiger partial charge in [-0.15, -0.1) is 0 Å². The van der Waals surface area contributed by atoms with Crippen LogP contribution in [0, 0.1) is 0 Å². The number of carboxylic acids is 1. The number of aromatic nitrogens is 2. The first-order chi connectivity index (χ1) is 7.99. The van der Waals surface area contributed by atoms with E-state index < -0.39 is 5.97 Å². The fraction of sp³-hybridized carbons (Fsp3) is 0.636. The quantitative estimate of drug-likeness (QED) is 0.719. The Bertz CT molecular complexity index is 362. The van der Waals surface area contributed by atoms with Crippen LogP contribution in [0.4, 0.5) is 0 Å². The summed E-state index contributed by atoms with van der Waals surface area (Å²) in [6.45, 7) is 2.15. The van der Waals surface area contributed by atoms with Crippen LogP contribution >= 0.6 is 0 Å². The van der Waals surface area contributed by atoms with Crippen LogP contribution in [-0.4, -0.2) is 64.2 Å². The zero-order chi connectivity index (χ0) is 12.8. The van der Waals surface area contributed by atoms with E-state index in [9.17, 15) is 4.79 Å². The second-order valence-corrected chi connectivity index (χ2v) is 4.36. The van der Waals surface area contributed by atoms with Crippen LogP contribution in [0.1, 0.15) is 5.82 Å². The highest BCUT2D eigenvalue weighted by molar-refractivity contribution is 5.69. The smallest absolute Gasteiger partial charge is 0.317 e. The number of nitrogens with zero attached hydrogens (tertiary/aromatic N) is 4. The molecule has 1 N–H and O–H groups in total. The molecule has 0 fully saturated rings. The molecule has 0 spiro atoms. The average Bonchev–Trinajstić information content (AvgIpc) is 2.60. The normalized spacial score (nSPS) is 11.4. The van der Waals surface area contributed by atoms with E-state index >= 15 is 0 Å². The summed E-state index contributed by atoms with van der Waals surface area (Å²) in [6, 6.07) is 0. The summed E-state index contributed by atoms with van der Waals surface area (Å²) in [6.07, 6.45) is 3.58. The van der Waals surface area contributed by atoms with E-state index in [1.165, 1.54) is 0 Å². The Kier molecular flexibility index (Phi) is 5.11. The number of carboxylic acid groups (broad SMARTS) is 1. The number of aryl methyl sites for hydroxylation is 1. The maximum Gasteiger partial charge on any atom is 0.317 e. The highest BCUT2D eigenvalue weighted by Crippen LogP contribution is 2.01. The third kappa shape index (κ3) is 4.97. The number of imidazole rings is 1. The Morgan fingerprint density at radius 2 is 2.18 bits per heavy atom. The standard InChI is InChI=1S/C11H20N4O2/c1-13(2)6-7-15(9-11(16)17)8-10-12-4-5-14(10)3/h4-5H,6-9H2,1-3H3,(H,16,17). The number of rotatable bonds is 7. The second kappa shape index (κ2) is 6.36. The van der Waals surface area contributed by atoms with Crippen molar-refractivity contribution in [1.82, 2.24) is 19.4 Å². The predicted molar refractivity (Wildman–Crippen MR) is 64.7 cm³/mol. The average molecular weight is 240 g/mol. The Labute approximate surface area is 101 Å². The van der Waals surface area contributed by atoms with E-state index in [4.69, 9.17) is 5.11 Å². The van der Waals surface area contributed by atoms with Gasteiger partial charge in [-0.05, 0) is 14.1 Å². The number of hydrogen-bond acceptors (Lipinski definition) is 4. The molecular formula is C11H20N4O2. The van der Waals surface area contributed by atoms with Crippen molar-refractivity contribution < 1.29 is 9.90 Å². The molecule has 6 heteroatoms. The first kappa shape index (κ1) is 13.7. The minimum atomic E-state index is -0.807. The van der Waals surface area contributed by atoms with Crippen LogP contribution in [0.2, 0.25) is 0 Å². The summed E-state index contributed by atoms with van der Waals surface area (Å²) in [4.78, 5) is 18.9. The van der Waals surface area contributed by atoms with Crippen molar-refractivity contribution in [3.8, 4) is 0 Å². The molecule has 0 saturated heterocycles. The van der Waals surface area contributed by atoms with Gasteiger partial charge in [-0.1, -0.05) is 0 Å². The van der Waals surface area contributed by atoms with Gasteiger partial charge in [-0.25, -0.2) is 4.98 Å². The summed E-state index contributed by atoms with van der Waals surface area (Å²) in [5.74, 6) is 0.0722. The highest BCUT2D eigenvalue weighted by atomic mass is 16.4. The van der Waals surface area contributed by atoms with Crippen molar-refractivity contribution in [2.75, 3.05) is 33.7 Å². The fourth-order valence-corrected chi connectivity index (χ4v) is 1.50. The SMILES string of the molecule is CN(C)CCN(CC(=O)O)Cc1nccn1C. The highest BCUT2D eigenvalue weighted by Gasteiger charge is 2.12. The lowest BCUT2D eigenvalue weighted by Crippen LogP contribution is -2.35. The van der Waals surface area contributed by atoms with Crippen LogP contribution in [-0.2, 0) is 18.4 Å². The Morgan fingerprint density at radius 1 is 1.47 bits per heavy atom. The molecule has 0 bridgehead atoms. The largest absolute Gasteiger partial charge is 0.480 e. The van der Waals surface area contributed by atoms with Crippen molar-refractivity contribution in [1.29, 1.82) is 0 Å². The third-order valence-electron chi connectivity index (χ3n) is 2.51. The van der Waals surface area contributed by atoms with E-state index in [0.717, 1.165) is 12.4 Å². The van der Waals surface area contributed by atoms with Gasteiger partial charge >= 0.3 is 5.97 Å². The van der Waals surface area contributed by atoms with Gasteiger partial charge in [0.1, 0.15) is 5.82 Å². The van der Waals surface area contributed by atoms with Gasteiger partial charge in [0.25, 0.3) is 0 Å². The van der Waals surface area contributed by atoms with Crippen LogP contribution in [0.15, 0.2) is 12.4 Å². The number of carbonyl (C=O) groups is 1. The van der Waals surface area contributed by atoms with E-state index in [-0.39, 0.29) is 6.54 Å². The summed E-state index contributed by atoms with van der Waals surface area (Å²) in [7, 11) is 5.85. The van der Waals surface area contributed by atoms with E-state index in [2.05, 4.69) is 4.98 Å². The predicted octanol–water partition coefficient (Wildman–Crippen LogP) is -0.132. The molecule has 1 rings (SSSR count). The first-order valence-corrected chi connectivity index (χ1v) is 5.54. The maximum atomic E-state index is 10.8. The molecule has 1 aromatic heterocycles. The van der Waals surface area contributed by atoms with Crippen LogP contribution < -0.4 is 0 Å². The molecule has 1 heterocycles. The van der Waals surface area contributed by atoms with E-state index in [1.807, 2.05) is 41.7 Å². The molecule has 6 nitrogen and oxygen atoms in total. The molecule has 1 aromatic rings. The lowest BCUT2D eigenvalue weighted by atomic mass is 10.4. The van der Waals surface area contributed by atoms with Gasteiger partial charge in [-0.2, -0.15) is 0 Å². The Morgan fingerprint density at radius 3 is 2.65 bits per heavy atom. The summed E-state index contributed by atoms with van der Waals surface area (Å²) < 4.78 is 1.91. The van der Waals surface area contributed by atoms with Gasteiger partial charge in [0.15, 0.2) is 0 Å². The molecule has 0 saturated carbocycles. The number of aliphatic carboxylic acids is 1. The van der Waals surface area contributed by atoms with Crippen molar-refractivity contribution in [2.24, 2.45) is 7.05 Å². The maximum absolute atomic E-state index is 10.8. The zero-order valence-electron chi connectivity index (χ0n) is 10.6. The molecule has 0 aliphatic heterocycles. The van der Waals surface area contributed by atoms with Crippen LogP contribution in [0.5, 0.6) is 0 Å². The third-order valence-corrected chi connectivity index (χ3v) is 2.51. The van der Waals surface area contributed by atoms with Gasteiger partial charge in [0, 0.05) is 32.5 Å². The van der Waals surface area contributed by atoms with Crippen molar-refractivity contribution in [3.05, 3.63) is 18.2 Å². The minimum absolute atomic E-state index is 0.0424. The fourth-order valence-electron chi connectivity index (χ4n) is 1.50. The van der Waals surface area contributed by atoms with Gasteiger partial charge in [0.2, 0.25) is 0 Å². The first-order valence-electron chi connectivity index (χ1n) is 5.54. The number of likely N-dealkylation sites (N-methyl/N-ethyl adjacent to an activating group) is 1. The van der Waals surface area contributed by atoms with Crippen LogP contribution in [0.3, 0.4) is 0 Å². The Balaban J connectivity index is 2.57. The van der Waals surface area contributed by atoms with E-state index in [1.54, 1.807) is 6.20 Å². The number of hydrogen-bond donors (Lipinski definition) is 1. The molecule has 0 aromatic carbocycles. The lowest BCUT2D eigenvalue weighted by Gasteiger charge is -2.21. The molecule has 96 valence electrons. The van der Waals surface area contributed by atoms with Gasteiger partial charge in [0.05, 0.1) is 13.1 Å². The molecule has 0 atom stereocenters.